The van der Waals surface area contributed by atoms with Gasteiger partial charge in [-0.3, -0.25) is 5.73 Å². The summed E-state index contributed by atoms with van der Waals surface area (Å²) in [7, 11) is 0. The van der Waals surface area contributed by atoms with E-state index in [1.165, 1.54) is 5.56 Å². The van der Waals surface area contributed by atoms with Gasteiger partial charge in [0.05, 0.1) is 6.61 Å². The van der Waals surface area contributed by atoms with Crippen LogP contribution in [0, 0.1) is 0 Å². The zero-order valence-electron chi connectivity index (χ0n) is 6.26. The van der Waals surface area contributed by atoms with Crippen molar-refractivity contribution in [3.05, 3.63) is 29.3 Å². The molecule has 1 aliphatic heterocycles. The first kappa shape index (κ1) is 6.68. The minimum atomic E-state index is 0.344. The van der Waals surface area contributed by atoms with Crippen molar-refractivity contribution < 1.29 is 4.74 Å². The van der Waals surface area contributed by atoms with E-state index in [1.54, 1.807) is 0 Å². The van der Waals surface area contributed by atoms with Gasteiger partial charge in [0.15, 0.2) is 0 Å². The predicted molar refractivity (Wildman–Crippen MR) is 42.4 cm³/mol. The number of nitrogens with one attached hydrogen (secondary N) is 1. The molecule has 0 saturated carbocycles. The Morgan fingerprint density at radius 2 is 2.36 bits per heavy atom. The molecule has 0 aromatic heterocycles. The first-order chi connectivity index (χ1) is 5.40. The first-order valence-electron chi connectivity index (χ1n) is 3.79. The number of benzene rings is 1. The Kier molecular flexibility index (Phi) is 1.55. The Labute approximate surface area is 66.0 Å². The molecular weight excluding hydrogens is 138 g/mol. The Balaban J connectivity index is 2.41. The van der Waals surface area contributed by atoms with Crippen molar-refractivity contribution in [1.29, 1.82) is 0 Å². The van der Waals surface area contributed by atoms with Gasteiger partial charge < -0.3 is 4.74 Å². The second kappa shape index (κ2) is 2.55. The molecule has 1 N–H and O–H groups in total. The summed E-state index contributed by atoms with van der Waals surface area (Å²) in [5.74, 6) is 0.981. The van der Waals surface area contributed by atoms with Crippen LogP contribution in [0.5, 0.6) is 5.75 Å². The summed E-state index contributed by atoms with van der Waals surface area (Å²) >= 11 is 0. The zero-order valence-corrected chi connectivity index (χ0v) is 6.26. The van der Waals surface area contributed by atoms with Gasteiger partial charge in [0, 0.05) is 13.0 Å². The van der Waals surface area contributed by atoms with Crippen LogP contribution >= 0.6 is 0 Å². The maximum Gasteiger partial charge on any atom is 0.122 e. The summed E-state index contributed by atoms with van der Waals surface area (Å²) in [6, 6.07) is 6.03. The third kappa shape index (κ3) is 1.10. The van der Waals surface area contributed by atoms with Gasteiger partial charge in [-0.25, -0.2) is 0 Å². The van der Waals surface area contributed by atoms with E-state index < -0.39 is 0 Å². The van der Waals surface area contributed by atoms with Crippen LogP contribution in [0.2, 0.25) is 0 Å². The van der Waals surface area contributed by atoms with Crippen LogP contribution in [-0.4, -0.2) is 6.61 Å². The third-order valence-corrected chi connectivity index (χ3v) is 1.96. The second-order valence-corrected chi connectivity index (χ2v) is 2.72. The van der Waals surface area contributed by atoms with E-state index in [2.05, 4.69) is 6.07 Å². The van der Waals surface area contributed by atoms with Crippen LogP contribution in [0.1, 0.15) is 11.1 Å². The molecule has 1 aliphatic rings. The number of ether oxygens (including phenoxy) is 1. The highest BCUT2D eigenvalue weighted by Crippen LogP contribution is 2.25. The molecule has 0 fully saturated rings. The standard InChI is InChI=1S/C9H10NO/c10-6-7-1-2-8-3-4-11-9(8)5-7/h1-2,5,10H,3-4,6H2. The van der Waals surface area contributed by atoms with Crippen LogP contribution in [0.3, 0.4) is 0 Å². The highest BCUT2D eigenvalue weighted by molar-refractivity contribution is 5.39. The molecule has 0 unspecified atom stereocenters. The SMILES string of the molecule is [NH]Cc1ccc2c(c1)OCC2. The van der Waals surface area contributed by atoms with Crippen molar-refractivity contribution in [1.82, 2.24) is 5.73 Å². The number of hydrogen-bond donors (Lipinski definition) is 0. The smallest absolute Gasteiger partial charge is 0.122 e. The van der Waals surface area contributed by atoms with E-state index in [4.69, 9.17) is 10.5 Å². The maximum absolute atomic E-state index is 7.15. The molecule has 1 radical (unpaired) electrons. The summed E-state index contributed by atoms with van der Waals surface area (Å²) in [5.41, 5.74) is 9.46. The van der Waals surface area contributed by atoms with Gasteiger partial charge in [-0.15, -0.1) is 0 Å². The Hall–Kier alpha value is -1.02. The lowest BCUT2D eigenvalue weighted by atomic mass is 10.1. The van der Waals surface area contributed by atoms with Crippen molar-refractivity contribution >= 4 is 0 Å². The molecule has 1 aromatic rings. The average molecular weight is 148 g/mol. The quantitative estimate of drug-likeness (QED) is 0.592. The highest BCUT2D eigenvalue weighted by atomic mass is 16.5. The summed E-state index contributed by atoms with van der Waals surface area (Å²) in [6.07, 6.45) is 1.02. The number of rotatable bonds is 1. The van der Waals surface area contributed by atoms with Crippen LogP contribution < -0.4 is 10.5 Å². The molecule has 1 aromatic carbocycles. The monoisotopic (exact) mass is 148 g/mol. The van der Waals surface area contributed by atoms with Crippen molar-refractivity contribution in [2.75, 3.05) is 6.61 Å². The molecular formula is C9H10NO. The van der Waals surface area contributed by atoms with E-state index in [1.807, 2.05) is 12.1 Å². The van der Waals surface area contributed by atoms with Crippen LogP contribution in [0.25, 0.3) is 0 Å². The second-order valence-electron chi connectivity index (χ2n) is 2.72. The Morgan fingerprint density at radius 1 is 1.45 bits per heavy atom. The Morgan fingerprint density at radius 3 is 3.18 bits per heavy atom. The van der Waals surface area contributed by atoms with Gasteiger partial charge in [-0.05, 0) is 17.2 Å². The van der Waals surface area contributed by atoms with E-state index >= 15 is 0 Å². The topological polar surface area (TPSA) is 33.0 Å². The van der Waals surface area contributed by atoms with Gasteiger partial charge in [-0.2, -0.15) is 0 Å². The molecule has 57 valence electrons. The molecule has 0 atom stereocenters. The summed E-state index contributed by atoms with van der Waals surface area (Å²) in [5, 5.41) is 0. The van der Waals surface area contributed by atoms with Gasteiger partial charge in [-0.1, -0.05) is 12.1 Å². The summed E-state index contributed by atoms with van der Waals surface area (Å²) in [4.78, 5) is 0. The third-order valence-electron chi connectivity index (χ3n) is 1.96. The van der Waals surface area contributed by atoms with Crippen LogP contribution in [-0.2, 0) is 13.0 Å². The average Bonchev–Trinajstić information content (AvgIpc) is 2.50. The lowest BCUT2D eigenvalue weighted by Crippen LogP contribution is -1.87. The molecule has 0 bridgehead atoms. The Bertz CT molecular complexity index is 270. The maximum atomic E-state index is 7.15. The predicted octanol–water partition coefficient (Wildman–Crippen LogP) is 1.40. The van der Waals surface area contributed by atoms with Crippen LogP contribution in [0.4, 0.5) is 0 Å². The van der Waals surface area contributed by atoms with Gasteiger partial charge in [0.25, 0.3) is 0 Å². The molecule has 11 heavy (non-hydrogen) atoms. The van der Waals surface area contributed by atoms with Crippen molar-refractivity contribution in [2.24, 2.45) is 0 Å². The van der Waals surface area contributed by atoms with E-state index in [-0.39, 0.29) is 0 Å². The number of fused-ring (bicyclic) bond motifs is 1. The van der Waals surface area contributed by atoms with E-state index in [0.717, 1.165) is 24.3 Å². The van der Waals surface area contributed by atoms with Crippen molar-refractivity contribution in [3.63, 3.8) is 0 Å². The van der Waals surface area contributed by atoms with Crippen molar-refractivity contribution in [2.45, 2.75) is 13.0 Å². The number of hydrogen-bond acceptors (Lipinski definition) is 1. The highest BCUT2D eigenvalue weighted by Gasteiger charge is 2.10. The fourth-order valence-corrected chi connectivity index (χ4v) is 1.32. The molecule has 2 nitrogen and oxygen atoms in total. The largest absolute Gasteiger partial charge is 0.493 e. The zero-order chi connectivity index (χ0) is 7.68. The van der Waals surface area contributed by atoms with Crippen molar-refractivity contribution in [3.8, 4) is 5.75 Å². The molecule has 0 saturated heterocycles. The van der Waals surface area contributed by atoms with Crippen LogP contribution in [0.15, 0.2) is 18.2 Å². The molecule has 2 heteroatoms. The summed E-state index contributed by atoms with van der Waals surface area (Å²) < 4.78 is 5.36. The fourth-order valence-electron chi connectivity index (χ4n) is 1.32. The summed E-state index contributed by atoms with van der Waals surface area (Å²) in [6.45, 7) is 1.15. The minimum Gasteiger partial charge on any atom is -0.493 e. The molecule has 1 heterocycles. The van der Waals surface area contributed by atoms with E-state index in [0.29, 0.717) is 6.54 Å². The van der Waals surface area contributed by atoms with Gasteiger partial charge >= 0.3 is 0 Å². The lowest BCUT2D eigenvalue weighted by Gasteiger charge is -2.00. The molecule has 2 rings (SSSR count). The molecule has 0 spiro atoms. The lowest BCUT2D eigenvalue weighted by molar-refractivity contribution is 0.356. The molecule has 0 aliphatic carbocycles. The molecule has 0 amide bonds. The fraction of sp³-hybridized carbons (Fsp3) is 0.333. The normalized spacial score (nSPS) is 14.3. The van der Waals surface area contributed by atoms with Gasteiger partial charge in [0.1, 0.15) is 5.75 Å². The van der Waals surface area contributed by atoms with Gasteiger partial charge in [0.2, 0.25) is 0 Å². The minimum absolute atomic E-state index is 0.344. The first-order valence-corrected chi connectivity index (χ1v) is 3.79. The van der Waals surface area contributed by atoms with E-state index in [9.17, 15) is 0 Å².